The number of aliphatic hydroxyl groups excluding tert-OH is 1. The molecule has 0 fully saturated rings. The SMILES string of the molecule is Cc1cc(C)c2[nH]ccc2c1C(CO)c1nc2ccc(C#N)cc2[nH]1. The normalized spacial score (nSPS) is 12.6. The number of nitriles is 1. The lowest BCUT2D eigenvalue weighted by Gasteiger charge is -2.17. The minimum atomic E-state index is -0.253. The highest BCUT2D eigenvalue weighted by Gasteiger charge is 2.22. The molecule has 5 nitrogen and oxygen atoms in total. The Kier molecular flexibility index (Phi) is 3.56. The summed E-state index contributed by atoms with van der Waals surface area (Å²) in [6.45, 7) is 4.09. The number of benzene rings is 2. The molecule has 124 valence electrons. The molecule has 2 aromatic carbocycles. The maximum Gasteiger partial charge on any atom is 0.117 e. The van der Waals surface area contributed by atoms with Crippen LogP contribution in [0.5, 0.6) is 0 Å². The largest absolute Gasteiger partial charge is 0.395 e. The molecule has 3 N–H and O–H groups in total. The number of hydrogen-bond donors (Lipinski definition) is 3. The third-order valence-corrected chi connectivity index (χ3v) is 4.78. The van der Waals surface area contributed by atoms with Crippen LogP contribution in [0.3, 0.4) is 0 Å². The monoisotopic (exact) mass is 330 g/mol. The summed E-state index contributed by atoms with van der Waals surface area (Å²) in [7, 11) is 0. The number of imidazole rings is 1. The number of nitrogens with zero attached hydrogens (tertiary/aromatic N) is 2. The van der Waals surface area contributed by atoms with Crippen molar-refractivity contribution in [1.82, 2.24) is 15.0 Å². The molecule has 0 aliphatic rings. The van der Waals surface area contributed by atoms with E-state index < -0.39 is 0 Å². The lowest BCUT2D eigenvalue weighted by Crippen LogP contribution is -2.10. The number of fused-ring (bicyclic) bond motifs is 2. The maximum absolute atomic E-state index is 10.1. The highest BCUT2D eigenvalue weighted by Crippen LogP contribution is 2.34. The van der Waals surface area contributed by atoms with Gasteiger partial charge in [-0.25, -0.2) is 4.98 Å². The first-order chi connectivity index (χ1) is 12.1. The van der Waals surface area contributed by atoms with Crippen LogP contribution in [0.4, 0.5) is 0 Å². The Morgan fingerprint density at radius 3 is 2.80 bits per heavy atom. The first-order valence-electron chi connectivity index (χ1n) is 8.20. The van der Waals surface area contributed by atoms with Gasteiger partial charge in [-0.05, 0) is 54.8 Å². The van der Waals surface area contributed by atoms with Crippen molar-refractivity contribution >= 4 is 21.9 Å². The van der Waals surface area contributed by atoms with E-state index in [1.54, 1.807) is 12.1 Å². The van der Waals surface area contributed by atoms with Crippen molar-refractivity contribution in [2.45, 2.75) is 19.8 Å². The predicted molar refractivity (Wildman–Crippen MR) is 97.5 cm³/mol. The molecule has 0 spiro atoms. The van der Waals surface area contributed by atoms with E-state index in [0.717, 1.165) is 33.1 Å². The van der Waals surface area contributed by atoms with Gasteiger partial charge in [0.1, 0.15) is 5.82 Å². The van der Waals surface area contributed by atoms with Crippen LogP contribution in [-0.4, -0.2) is 26.7 Å². The van der Waals surface area contributed by atoms with Crippen LogP contribution < -0.4 is 0 Å². The van der Waals surface area contributed by atoms with Crippen LogP contribution in [0, 0.1) is 25.2 Å². The third-order valence-electron chi connectivity index (χ3n) is 4.78. The predicted octanol–water partition coefficient (Wildman–Crippen LogP) is 3.66. The summed E-state index contributed by atoms with van der Waals surface area (Å²) in [6, 6.07) is 11.7. The lowest BCUT2D eigenvalue weighted by atomic mass is 9.90. The Hall–Kier alpha value is -3.10. The highest BCUT2D eigenvalue weighted by atomic mass is 16.3. The van der Waals surface area contributed by atoms with Gasteiger partial charge in [0.2, 0.25) is 0 Å². The highest BCUT2D eigenvalue weighted by molar-refractivity contribution is 5.88. The fraction of sp³-hybridized carbons (Fsp3) is 0.200. The van der Waals surface area contributed by atoms with Gasteiger partial charge in [0, 0.05) is 17.1 Å². The van der Waals surface area contributed by atoms with Crippen LogP contribution in [0.15, 0.2) is 36.5 Å². The Bertz CT molecular complexity index is 1130. The van der Waals surface area contributed by atoms with Crippen LogP contribution in [0.25, 0.3) is 21.9 Å². The van der Waals surface area contributed by atoms with Crippen molar-refractivity contribution in [2.75, 3.05) is 6.61 Å². The van der Waals surface area contributed by atoms with Crippen molar-refractivity contribution in [3.05, 3.63) is 64.6 Å². The van der Waals surface area contributed by atoms with Gasteiger partial charge >= 0.3 is 0 Å². The van der Waals surface area contributed by atoms with Crippen molar-refractivity contribution in [2.24, 2.45) is 0 Å². The number of aromatic nitrogens is 3. The Labute approximate surface area is 145 Å². The summed E-state index contributed by atoms with van der Waals surface area (Å²) in [5, 5.41) is 20.3. The van der Waals surface area contributed by atoms with Crippen molar-refractivity contribution in [3.63, 3.8) is 0 Å². The van der Waals surface area contributed by atoms with Crippen LogP contribution >= 0.6 is 0 Å². The zero-order chi connectivity index (χ0) is 17.6. The summed E-state index contributed by atoms with van der Waals surface area (Å²) in [5.41, 5.74) is 6.65. The summed E-state index contributed by atoms with van der Waals surface area (Å²) >= 11 is 0. The van der Waals surface area contributed by atoms with Crippen molar-refractivity contribution in [1.29, 1.82) is 5.26 Å². The minimum Gasteiger partial charge on any atom is -0.395 e. The van der Waals surface area contributed by atoms with Gasteiger partial charge in [0.15, 0.2) is 0 Å². The third kappa shape index (κ3) is 2.39. The van der Waals surface area contributed by atoms with Gasteiger partial charge in [-0.15, -0.1) is 0 Å². The molecule has 2 aromatic heterocycles. The molecule has 4 aromatic rings. The van der Waals surface area contributed by atoms with E-state index in [1.165, 1.54) is 5.56 Å². The van der Waals surface area contributed by atoms with Crippen molar-refractivity contribution < 1.29 is 5.11 Å². The summed E-state index contributed by atoms with van der Waals surface area (Å²) < 4.78 is 0. The summed E-state index contributed by atoms with van der Waals surface area (Å²) in [6.07, 6.45) is 1.92. The van der Waals surface area contributed by atoms with E-state index in [4.69, 9.17) is 5.26 Å². The average molecular weight is 330 g/mol. The second-order valence-corrected chi connectivity index (χ2v) is 6.39. The molecule has 0 amide bonds. The molecule has 25 heavy (non-hydrogen) atoms. The van der Waals surface area contributed by atoms with E-state index in [9.17, 15) is 5.11 Å². The molecule has 4 rings (SSSR count). The molecule has 0 saturated carbocycles. The summed E-state index contributed by atoms with van der Waals surface area (Å²) in [5.74, 6) is 0.457. The van der Waals surface area contributed by atoms with Gasteiger partial charge < -0.3 is 15.1 Å². The molecule has 0 bridgehead atoms. The fourth-order valence-corrected chi connectivity index (χ4v) is 3.65. The molecule has 0 aliphatic heterocycles. The van der Waals surface area contributed by atoms with E-state index in [1.807, 2.05) is 18.3 Å². The zero-order valence-electron chi connectivity index (χ0n) is 14.1. The Balaban J connectivity index is 1.92. The quantitative estimate of drug-likeness (QED) is 0.535. The van der Waals surface area contributed by atoms with Crippen molar-refractivity contribution in [3.8, 4) is 6.07 Å². The minimum absolute atomic E-state index is 0.0465. The van der Waals surface area contributed by atoms with E-state index in [0.29, 0.717) is 11.4 Å². The van der Waals surface area contributed by atoms with E-state index in [-0.39, 0.29) is 12.5 Å². The van der Waals surface area contributed by atoms with Crippen LogP contribution in [0.1, 0.15) is 34.0 Å². The van der Waals surface area contributed by atoms with Gasteiger partial charge in [-0.3, -0.25) is 0 Å². The fourth-order valence-electron chi connectivity index (χ4n) is 3.65. The Morgan fingerprint density at radius 2 is 2.04 bits per heavy atom. The second kappa shape index (κ2) is 5.76. The van der Waals surface area contributed by atoms with Gasteiger partial charge in [-0.2, -0.15) is 5.26 Å². The van der Waals surface area contributed by atoms with Gasteiger partial charge in [0.05, 0.1) is 35.2 Å². The number of nitrogens with one attached hydrogen (secondary N) is 2. The van der Waals surface area contributed by atoms with E-state index in [2.05, 4.69) is 40.9 Å². The maximum atomic E-state index is 10.1. The lowest BCUT2D eigenvalue weighted by molar-refractivity contribution is 0.277. The standard InChI is InChI=1S/C20H18N4O/c1-11-7-12(2)19-14(5-6-22-19)18(11)15(10-25)20-23-16-4-3-13(9-21)8-17(16)24-20/h3-8,15,22,25H,10H2,1-2H3,(H,23,24). The molecule has 2 heterocycles. The topological polar surface area (TPSA) is 88.5 Å². The smallest absolute Gasteiger partial charge is 0.117 e. The molecule has 0 saturated heterocycles. The van der Waals surface area contributed by atoms with Gasteiger partial charge in [0.25, 0.3) is 0 Å². The summed E-state index contributed by atoms with van der Waals surface area (Å²) in [4.78, 5) is 11.2. The number of aromatic amines is 2. The van der Waals surface area contributed by atoms with E-state index >= 15 is 0 Å². The molecular formula is C20H18N4O. The van der Waals surface area contributed by atoms with Crippen LogP contribution in [0.2, 0.25) is 0 Å². The molecule has 1 unspecified atom stereocenters. The van der Waals surface area contributed by atoms with Crippen LogP contribution in [-0.2, 0) is 0 Å². The number of aliphatic hydroxyl groups is 1. The molecule has 5 heteroatoms. The van der Waals surface area contributed by atoms with Gasteiger partial charge in [-0.1, -0.05) is 6.07 Å². The number of hydrogen-bond acceptors (Lipinski definition) is 3. The molecule has 1 atom stereocenters. The Morgan fingerprint density at radius 1 is 1.20 bits per heavy atom. The molecular weight excluding hydrogens is 312 g/mol. The first kappa shape index (κ1) is 15.4. The number of H-pyrrole nitrogens is 2. The number of rotatable bonds is 3. The average Bonchev–Trinajstić information content (AvgIpc) is 3.24. The second-order valence-electron chi connectivity index (χ2n) is 6.39. The first-order valence-corrected chi connectivity index (χ1v) is 8.20. The molecule has 0 aliphatic carbocycles. The number of aryl methyl sites for hydroxylation is 2. The molecule has 0 radical (unpaired) electrons. The zero-order valence-corrected chi connectivity index (χ0v) is 14.1.